The van der Waals surface area contributed by atoms with Gasteiger partial charge in [-0.3, -0.25) is 0 Å². The van der Waals surface area contributed by atoms with Crippen LogP contribution in [0.15, 0.2) is 41.5 Å². The zero-order chi connectivity index (χ0) is 11.6. The predicted molar refractivity (Wildman–Crippen MR) is 70.5 cm³/mol. The topological polar surface area (TPSA) is 0 Å². The first-order chi connectivity index (χ1) is 7.59. The van der Waals surface area contributed by atoms with E-state index in [1.54, 1.807) is 11.1 Å². The second kappa shape index (κ2) is 4.45. The van der Waals surface area contributed by atoms with Gasteiger partial charge in [-0.25, -0.2) is 0 Å². The third kappa shape index (κ3) is 2.37. The summed E-state index contributed by atoms with van der Waals surface area (Å²) in [6.45, 7) is 7.11. The normalized spacial score (nSPS) is 19.9. The molecule has 0 N–H and O–H groups in total. The summed E-state index contributed by atoms with van der Waals surface area (Å²) < 4.78 is 0. The van der Waals surface area contributed by atoms with Crippen LogP contribution in [-0.4, -0.2) is 0 Å². The van der Waals surface area contributed by atoms with Gasteiger partial charge in [0.25, 0.3) is 0 Å². The Morgan fingerprint density at radius 3 is 2.44 bits per heavy atom. The van der Waals surface area contributed by atoms with Gasteiger partial charge in [0.1, 0.15) is 0 Å². The van der Waals surface area contributed by atoms with Crippen molar-refractivity contribution >= 4 is 0 Å². The van der Waals surface area contributed by atoms with Crippen LogP contribution in [-0.2, 0) is 6.42 Å². The minimum atomic E-state index is 0.401. The number of allylic oxidation sites excluding steroid dienone is 2. The van der Waals surface area contributed by atoms with E-state index in [1.165, 1.54) is 24.8 Å². The summed E-state index contributed by atoms with van der Waals surface area (Å²) in [5, 5.41) is 0. The summed E-state index contributed by atoms with van der Waals surface area (Å²) in [6.07, 6.45) is 5.13. The monoisotopic (exact) mass is 214 g/mol. The van der Waals surface area contributed by atoms with Crippen molar-refractivity contribution in [3.63, 3.8) is 0 Å². The molecule has 0 heterocycles. The van der Waals surface area contributed by atoms with Gasteiger partial charge in [0.2, 0.25) is 0 Å². The van der Waals surface area contributed by atoms with Gasteiger partial charge in [-0.15, -0.1) is 0 Å². The molecule has 0 aliphatic heterocycles. The molecule has 0 saturated heterocycles. The summed E-state index contributed by atoms with van der Waals surface area (Å²) >= 11 is 0. The fourth-order valence-electron chi connectivity index (χ4n) is 2.87. The Labute approximate surface area is 99.4 Å². The molecule has 0 unspecified atom stereocenters. The molecular formula is C16H22. The van der Waals surface area contributed by atoms with Crippen LogP contribution in [0.3, 0.4) is 0 Å². The molecule has 0 heteroatoms. The molecule has 0 saturated carbocycles. The van der Waals surface area contributed by atoms with E-state index in [9.17, 15) is 0 Å². The Hall–Kier alpha value is -1.04. The van der Waals surface area contributed by atoms with Gasteiger partial charge in [-0.05, 0) is 43.6 Å². The predicted octanol–water partition coefficient (Wildman–Crippen LogP) is 4.76. The molecule has 16 heavy (non-hydrogen) atoms. The quantitative estimate of drug-likeness (QED) is 0.623. The van der Waals surface area contributed by atoms with Crippen molar-refractivity contribution in [3.8, 4) is 0 Å². The van der Waals surface area contributed by atoms with Crippen molar-refractivity contribution < 1.29 is 0 Å². The van der Waals surface area contributed by atoms with Gasteiger partial charge < -0.3 is 0 Å². The number of benzene rings is 1. The van der Waals surface area contributed by atoms with Crippen molar-refractivity contribution in [3.05, 3.63) is 47.0 Å². The lowest BCUT2D eigenvalue weighted by Crippen LogP contribution is -2.21. The van der Waals surface area contributed by atoms with Crippen molar-refractivity contribution in [2.24, 2.45) is 5.41 Å². The largest absolute Gasteiger partial charge is 0.0732 e. The highest BCUT2D eigenvalue weighted by Crippen LogP contribution is 2.41. The lowest BCUT2D eigenvalue weighted by Gasteiger charge is -2.34. The Morgan fingerprint density at radius 1 is 1.12 bits per heavy atom. The smallest absolute Gasteiger partial charge is 0.00592 e. The van der Waals surface area contributed by atoms with E-state index in [4.69, 9.17) is 0 Å². The molecule has 86 valence electrons. The van der Waals surface area contributed by atoms with Crippen LogP contribution in [0.2, 0.25) is 0 Å². The van der Waals surface area contributed by atoms with Gasteiger partial charge in [-0.2, -0.15) is 0 Å². The molecule has 0 atom stereocenters. The van der Waals surface area contributed by atoms with Gasteiger partial charge >= 0.3 is 0 Å². The van der Waals surface area contributed by atoms with Gasteiger partial charge in [0, 0.05) is 0 Å². The van der Waals surface area contributed by atoms with Crippen LogP contribution in [0.5, 0.6) is 0 Å². The zero-order valence-electron chi connectivity index (χ0n) is 10.7. The Balaban J connectivity index is 2.26. The maximum absolute atomic E-state index is 2.40. The third-order valence-electron chi connectivity index (χ3n) is 3.91. The van der Waals surface area contributed by atoms with Gasteiger partial charge in [-0.1, -0.05) is 55.3 Å². The van der Waals surface area contributed by atoms with E-state index in [0.717, 1.165) is 6.42 Å². The molecule has 2 rings (SSSR count). The molecule has 1 aliphatic rings. The average Bonchev–Trinajstić information content (AvgIpc) is 2.25. The molecule has 0 fully saturated rings. The highest BCUT2D eigenvalue weighted by Gasteiger charge is 2.27. The first-order valence-corrected chi connectivity index (χ1v) is 6.32. The van der Waals surface area contributed by atoms with E-state index < -0.39 is 0 Å². The summed E-state index contributed by atoms with van der Waals surface area (Å²) in [5.74, 6) is 0. The van der Waals surface area contributed by atoms with Gasteiger partial charge in [0.05, 0.1) is 0 Å². The minimum Gasteiger partial charge on any atom is -0.0732 e. The fraction of sp³-hybridized carbons (Fsp3) is 0.500. The molecule has 0 aromatic heterocycles. The fourth-order valence-corrected chi connectivity index (χ4v) is 2.87. The number of hydrogen-bond donors (Lipinski definition) is 0. The molecular weight excluding hydrogens is 192 g/mol. The van der Waals surface area contributed by atoms with E-state index in [-0.39, 0.29) is 0 Å². The van der Waals surface area contributed by atoms with Crippen molar-refractivity contribution in [2.45, 2.75) is 46.5 Å². The summed E-state index contributed by atoms with van der Waals surface area (Å²) in [7, 11) is 0. The van der Waals surface area contributed by atoms with Crippen LogP contribution < -0.4 is 0 Å². The van der Waals surface area contributed by atoms with Crippen molar-refractivity contribution in [1.82, 2.24) is 0 Å². The first-order valence-electron chi connectivity index (χ1n) is 6.32. The lowest BCUT2D eigenvalue weighted by atomic mass is 9.71. The molecule has 1 aromatic rings. The van der Waals surface area contributed by atoms with E-state index in [1.807, 2.05) is 0 Å². The summed E-state index contributed by atoms with van der Waals surface area (Å²) in [4.78, 5) is 0. The summed E-state index contributed by atoms with van der Waals surface area (Å²) in [5.41, 5.74) is 5.15. The maximum Gasteiger partial charge on any atom is -0.00592 e. The molecule has 0 radical (unpaired) electrons. The minimum absolute atomic E-state index is 0.401. The third-order valence-corrected chi connectivity index (χ3v) is 3.91. The Morgan fingerprint density at radius 2 is 1.81 bits per heavy atom. The van der Waals surface area contributed by atoms with Crippen molar-refractivity contribution in [1.29, 1.82) is 0 Å². The van der Waals surface area contributed by atoms with Crippen LogP contribution in [0.1, 0.15) is 45.6 Å². The molecule has 0 nitrogen and oxygen atoms in total. The molecule has 1 aromatic carbocycles. The van der Waals surface area contributed by atoms with Crippen LogP contribution in [0.25, 0.3) is 0 Å². The standard InChI is InChI=1S/C16H22/c1-13-8-7-11-16(2,3)15(13)12-14-9-5-4-6-10-14/h4-6,9-10H,7-8,11-12H2,1-3H3. The van der Waals surface area contributed by atoms with E-state index in [2.05, 4.69) is 51.1 Å². The van der Waals surface area contributed by atoms with Crippen LogP contribution in [0, 0.1) is 5.41 Å². The second-order valence-corrected chi connectivity index (χ2v) is 5.66. The van der Waals surface area contributed by atoms with Gasteiger partial charge in [0.15, 0.2) is 0 Å². The molecule has 0 spiro atoms. The highest BCUT2D eigenvalue weighted by atomic mass is 14.3. The molecule has 0 amide bonds. The Bertz CT molecular complexity index is 382. The van der Waals surface area contributed by atoms with Crippen LogP contribution >= 0.6 is 0 Å². The van der Waals surface area contributed by atoms with Crippen molar-refractivity contribution in [2.75, 3.05) is 0 Å². The highest BCUT2D eigenvalue weighted by molar-refractivity contribution is 5.30. The zero-order valence-corrected chi connectivity index (χ0v) is 10.7. The first kappa shape index (κ1) is 11.4. The SMILES string of the molecule is CC1=C(Cc2ccccc2)C(C)(C)CCC1. The molecule has 0 bridgehead atoms. The maximum atomic E-state index is 2.40. The van der Waals surface area contributed by atoms with E-state index >= 15 is 0 Å². The molecule has 1 aliphatic carbocycles. The number of hydrogen-bond acceptors (Lipinski definition) is 0. The number of rotatable bonds is 2. The lowest BCUT2D eigenvalue weighted by molar-refractivity contribution is 0.359. The Kier molecular flexibility index (Phi) is 3.18. The van der Waals surface area contributed by atoms with E-state index in [0.29, 0.717) is 5.41 Å². The second-order valence-electron chi connectivity index (χ2n) is 5.66. The average molecular weight is 214 g/mol. The van der Waals surface area contributed by atoms with Crippen LogP contribution in [0.4, 0.5) is 0 Å². The summed E-state index contributed by atoms with van der Waals surface area (Å²) in [6, 6.07) is 10.9.